The standard InChI is InChI=1S/C19H18BrN3O/c20-18-9-5-4-8-16(18)13-22-14-17(12-21)19(24)23-11-10-15-6-2-1-3-7-15/h1-9,14,22H,10-11,13H2,(H,23,24)/b17-14-. The number of carbonyl (C=O) groups excluding carboxylic acids is 1. The van der Waals surface area contributed by atoms with Crippen molar-refractivity contribution in [3.63, 3.8) is 0 Å². The first kappa shape index (κ1) is 17.8. The molecule has 122 valence electrons. The van der Waals surface area contributed by atoms with Crippen LogP contribution in [0.4, 0.5) is 0 Å². The second-order valence-electron chi connectivity index (χ2n) is 5.13. The van der Waals surface area contributed by atoms with Crippen molar-refractivity contribution >= 4 is 21.8 Å². The smallest absolute Gasteiger partial charge is 0.263 e. The third kappa shape index (κ3) is 5.56. The van der Waals surface area contributed by atoms with Gasteiger partial charge in [0.1, 0.15) is 11.6 Å². The normalized spacial score (nSPS) is 10.8. The van der Waals surface area contributed by atoms with Crippen molar-refractivity contribution in [2.24, 2.45) is 0 Å². The van der Waals surface area contributed by atoms with Gasteiger partial charge in [0.2, 0.25) is 0 Å². The number of hydrogen-bond acceptors (Lipinski definition) is 3. The van der Waals surface area contributed by atoms with E-state index in [2.05, 4.69) is 26.6 Å². The minimum absolute atomic E-state index is 0.0649. The fourth-order valence-electron chi connectivity index (χ4n) is 2.11. The van der Waals surface area contributed by atoms with Crippen LogP contribution in [0.3, 0.4) is 0 Å². The summed E-state index contributed by atoms with van der Waals surface area (Å²) in [5.41, 5.74) is 2.26. The van der Waals surface area contributed by atoms with Crippen LogP contribution >= 0.6 is 15.9 Å². The summed E-state index contributed by atoms with van der Waals surface area (Å²) in [5.74, 6) is -0.368. The van der Waals surface area contributed by atoms with E-state index >= 15 is 0 Å². The molecule has 2 rings (SSSR count). The first-order chi connectivity index (χ1) is 11.7. The predicted molar refractivity (Wildman–Crippen MR) is 97.8 cm³/mol. The average Bonchev–Trinajstić information content (AvgIpc) is 2.61. The summed E-state index contributed by atoms with van der Waals surface area (Å²) in [6.07, 6.45) is 2.19. The lowest BCUT2D eigenvalue weighted by molar-refractivity contribution is -0.117. The van der Waals surface area contributed by atoms with Crippen LogP contribution in [0.15, 0.2) is 70.8 Å². The van der Waals surface area contributed by atoms with E-state index in [1.165, 1.54) is 6.20 Å². The van der Waals surface area contributed by atoms with Crippen molar-refractivity contribution in [1.82, 2.24) is 10.6 Å². The highest BCUT2D eigenvalue weighted by Crippen LogP contribution is 2.15. The molecule has 0 spiro atoms. The Kier molecular flexibility index (Phi) is 7.06. The molecule has 0 saturated heterocycles. The Labute approximate surface area is 150 Å². The minimum atomic E-state index is -0.368. The van der Waals surface area contributed by atoms with Gasteiger partial charge in [-0.3, -0.25) is 4.79 Å². The molecule has 0 aliphatic heterocycles. The highest BCUT2D eigenvalue weighted by Gasteiger charge is 2.08. The Morgan fingerprint density at radius 2 is 1.83 bits per heavy atom. The molecular weight excluding hydrogens is 366 g/mol. The minimum Gasteiger partial charge on any atom is -0.386 e. The van der Waals surface area contributed by atoms with E-state index in [0.717, 1.165) is 22.0 Å². The molecular formula is C19H18BrN3O. The lowest BCUT2D eigenvalue weighted by Crippen LogP contribution is -2.27. The highest BCUT2D eigenvalue weighted by atomic mass is 79.9. The summed E-state index contributed by atoms with van der Waals surface area (Å²) in [6.45, 7) is 1.02. The molecule has 4 nitrogen and oxygen atoms in total. The van der Waals surface area contributed by atoms with Gasteiger partial charge >= 0.3 is 0 Å². The van der Waals surface area contributed by atoms with E-state index in [1.807, 2.05) is 60.7 Å². The molecule has 5 heteroatoms. The number of carbonyl (C=O) groups is 1. The summed E-state index contributed by atoms with van der Waals surface area (Å²) in [4.78, 5) is 12.0. The molecule has 0 fully saturated rings. The Bertz CT molecular complexity index is 751. The monoisotopic (exact) mass is 383 g/mol. The molecule has 1 amide bonds. The third-order valence-electron chi connectivity index (χ3n) is 3.40. The molecule has 0 heterocycles. The van der Waals surface area contributed by atoms with Crippen LogP contribution in [-0.4, -0.2) is 12.5 Å². The van der Waals surface area contributed by atoms with Gasteiger partial charge in [0.15, 0.2) is 0 Å². The van der Waals surface area contributed by atoms with Crippen molar-refractivity contribution in [3.8, 4) is 6.07 Å². The molecule has 2 aromatic carbocycles. The van der Waals surface area contributed by atoms with Crippen LogP contribution in [0, 0.1) is 11.3 Å². The third-order valence-corrected chi connectivity index (χ3v) is 4.18. The molecule has 0 atom stereocenters. The van der Waals surface area contributed by atoms with Crippen molar-refractivity contribution < 1.29 is 4.79 Å². The largest absolute Gasteiger partial charge is 0.386 e. The fraction of sp³-hybridized carbons (Fsp3) is 0.158. The molecule has 2 aromatic rings. The molecule has 24 heavy (non-hydrogen) atoms. The molecule has 0 aliphatic carbocycles. The molecule has 0 unspecified atom stereocenters. The van der Waals surface area contributed by atoms with E-state index in [1.54, 1.807) is 0 Å². The van der Waals surface area contributed by atoms with Gasteiger partial charge in [-0.15, -0.1) is 0 Å². The Balaban J connectivity index is 1.82. The summed E-state index contributed by atoms with van der Waals surface area (Å²) < 4.78 is 0.983. The molecule has 0 bridgehead atoms. The van der Waals surface area contributed by atoms with Crippen LogP contribution in [-0.2, 0) is 17.8 Å². The molecule has 0 saturated carbocycles. The van der Waals surface area contributed by atoms with E-state index in [4.69, 9.17) is 5.26 Å². The second-order valence-corrected chi connectivity index (χ2v) is 5.99. The zero-order valence-electron chi connectivity index (χ0n) is 13.1. The van der Waals surface area contributed by atoms with E-state index in [0.29, 0.717) is 13.1 Å². The number of amides is 1. The van der Waals surface area contributed by atoms with Gasteiger partial charge in [-0.05, 0) is 23.6 Å². The fourth-order valence-corrected chi connectivity index (χ4v) is 2.54. The molecule has 2 N–H and O–H groups in total. The van der Waals surface area contributed by atoms with Crippen LogP contribution in [0.2, 0.25) is 0 Å². The zero-order chi connectivity index (χ0) is 17.2. The van der Waals surface area contributed by atoms with Gasteiger partial charge in [-0.1, -0.05) is 64.5 Å². The maximum absolute atomic E-state index is 12.0. The van der Waals surface area contributed by atoms with Gasteiger partial charge in [0.05, 0.1) is 0 Å². The molecule has 0 aliphatic rings. The summed E-state index contributed by atoms with van der Waals surface area (Å²) >= 11 is 3.46. The number of halogens is 1. The number of rotatable bonds is 7. The lowest BCUT2D eigenvalue weighted by Gasteiger charge is -2.06. The summed E-state index contributed by atoms with van der Waals surface area (Å²) in [7, 11) is 0. The van der Waals surface area contributed by atoms with Crippen molar-refractivity contribution in [1.29, 1.82) is 5.26 Å². The summed E-state index contributed by atoms with van der Waals surface area (Å²) in [5, 5.41) is 14.9. The van der Waals surface area contributed by atoms with Gasteiger partial charge in [0.25, 0.3) is 5.91 Å². The van der Waals surface area contributed by atoms with Crippen LogP contribution in [0.5, 0.6) is 0 Å². The van der Waals surface area contributed by atoms with E-state index in [9.17, 15) is 4.79 Å². The molecule has 0 aromatic heterocycles. The van der Waals surface area contributed by atoms with Crippen LogP contribution < -0.4 is 10.6 Å². The van der Waals surface area contributed by atoms with Gasteiger partial charge in [-0.2, -0.15) is 5.26 Å². The predicted octanol–water partition coefficient (Wildman–Crippen LogP) is 3.31. The average molecular weight is 384 g/mol. The topological polar surface area (TPSA) is 64.9 Å². The summed E-state index contributed by atoms with van der Waals surface area (Å²) in [6, 6.07) is 19.6. The van der Waals surface area contributed by atoms with Gasteiger partial charge in [0, 0.05) is 23.8 Å². The van der Waals surface area contributed by atoms with Gasteiger partial charge < -0.3 is 10.6 Å². The maximum Gasteiger partial charge on any atom is 0.263 e. The maximum atomic E-state index is 12.0. The SMILES string of the molecule is N#C/C(=C/NCc1ccccc1Br)C(=O)NCCc1ccccc1. The number of nitrogens with one attached hydrogen (secondary N) is 2. The van der Waals surface area contributed by atoms with Gasteiger partial charge in [-0.25, -0.2) is 0 Å². The Morgan fingerprint density at radius 3 is 2.54 bits per heavy atom. The van der Waals surface area contributed by atoms with E-state index in [-0.39, 0.29) is 11.5 Å². The Hall–Kier alpha value is -2.58. The Morgan fingerprint density at radius 1 is 1.12 bits per heavy atom. The zero-order valence-corrected chi connectivity index (χ0v) is 14.7. The van der Waals surface area contributed by atoms with Crippen LogP contribution in [0.25, 0.3) is 0 Å². The van der Waals surface area contributed by atoms with Crippen LogP contribution in [0.1, 0.15) is 11.1 Å². The quantitative estimate of drug-likeness (QED) is 0.569. The van der Waals surface area contributed by atoms with Crippen molar-refractivity contribution in [2.45, 2.75) is 13.0 Å². The molecule has 0 radical (unpaired) electrons. The number of nitriles is 1. The number of nitrogens with zero attached hydrogens (tertiary/aromatic N) is 1. The van der Waals surface area contributed by atoms with Crippen molar-refractivity contribution in [3.05, 3.63) is 82.0 Å². The number of hydrogen-bond donors (Lipinski definition) is 2. The van der Waals surface area contributed by atoms with E-state index < -0.39 is 0 Å². The highest BCUT2D eigenvalue weighted by molar-refractivity contribution is 9.10. The first-order valence-electron chi connectivity index (χ1n) is 7.60. The number of benzene rings is 2. The first-order valence-corrected chi connectivity index (χ1v) is 8.39. The second kappa shape index (κ2) is 9.53. The van der Waals surface area contributed by atoms with Crippen molar-refractivity contribution in [2.75, 3.05) is 6.54 Å². The lowest BCUT2D eigenvalue weighted by atomic mass is 10.1.